The molecule has 0 radical (unpaired) electrons. The van der Waals surface area contributed by atoms with Crippen LogP contribution in [0.25, 0.3) is 50.3 Å². The summed E-state index contributed by atoms with van der Waals surface area (Å²) < 4.78 is 2.13. The van der Waals surface area contributed by atoms with E-state index >= 15 is 0 Å². The van der Waals surface area contributed by atoms with Crippen LogP contribution in [-0.4, -0.2) is 45.6 Å². The summed E-state index contributed by atoms with van der Waals surface area (Å²) in [5.41, 5.74) is 5.31. The third-order valence-electron chi connectivity index (χ3n) is 13.2. The normalized spacial score (nSPS) is 11.4. The standard InChI is InChI=1S/C61H40N6Si2.2Pt/c1-5-21-47(22-6-1)68(48-23-7-2-8-24-48,51-29-17-19-45(39-51)57-31-13-15-37-63-57)53-33-35-55-56-36-34-54(42-60(56)67(59(55)41-53)61-65-43-62-44-66-61)69(49-25-9-3-10-26-49,50-27-11-4-12-28-50)52-30-18-20-46(40-52)58-32-14-16-38-64-58;;/h1-38,43-44H;;/q-4;2*+2. The van der Waals surface area contributed by atoms with Crippen LogP contribution in [0.3, 0.4) is 0 Å². The Morgan fingerprint density at radius 1 is 0.324 bits per heavy atom. The Kier molecular flexibility index (Phi) is 13.7. The molecule has 0 N–H and O–H groups in total. The Balaban J connectivity index is 0.00000291. The minimum absolute atomic E-state index is 0. The summed E-state index contributed by atoms with van der Waals surface area (Å²) in [5, 5.41) is 11.2. The maximum Gasteiger partial charge on any atom is 2.00 e. The predicted molar refractivity (Wildman–Crippen MR) is 283 cm³/mol. The van der Waals surface area contributed by atoms with Crippen LogP contribution in [0.1, 0.15) is 0 Å². The van der Waals surface area contributed by atoms with Crippen molar-refractivity contribution >= 4 is 79.4 Å². The molecule has 0 aliphatic rings. The van der Waals surface area contributed by atoms with E-state index in [0.717, 1.165) is 65.1 Å². The summed E-state index contributed by atoms with van der Waals surface area (Å²) in [6.07, 6.45) is 6.79. The van der Waals surface area contributed by atoms with Crippen molar-refractivity contribution in [3.63, 3.8) is 0 Å². The summed E-state index contributed by atoms with van der Waals surface area (Å²) in [6, 6.07) is 93.7. The predicted octanol–water partition coefficient (Wildman–Crippen LogP) is 7.04. The molecule has 0 atom stereocenters. The van der Waals surface area contributed by atoms with Crippen LogP contribution in [0, 0.1) is 24.3 Å². The van der Waals surface area contributed by atoms with Gasteiger partial charge in [0.25, 0.3) is 0 Å². The van der Waals surface area contributed by atoms with Gasteiger partial charge < -0.3 is 14.5 Å². The molecule has 0 saturated heterocycles. The average molecular weight is 1300 g/mol. The Bertz CT molecular complexity index is 3420. The fraction of sp³-hybridized carbons (Fsp3) is 0. The second-order valence-corrected chi connectivity index (χ2v) is 24.4. The van der Waals surface area contributed by atoms with Crippen LogP contribution in [0.15, 0.2) is 243 Å². The monoisotopic (exact) mass is 1300 g/mol. The third kappa shape index (κ3) is 8.31. The van der Waals surface area contributed by atoms with Crippen molar-refractivity contribution in [1.29, 1.82) is 0 Å². The van der Waals surface area contributed by atoms with Crippen molar-refractivity contribution in [2.24, 2.45) is 0 Å². The Morgan fingerprint density at radius 2 is 0.690 bits per heavy atom. The molecule has 10 heteroatoms. The molecule has 0 aliphatic carbocycles. The zero-order valence-electron chi connectivity index (χ0n) is 37.9. The number of benzene rings is 8. The van der Waals surface area contributed by atoms with Crippen molar-refractivity contribution in [3.8, 4) is 28.5 Å². The Morgan fingerprint density at radius 3 is 1.06 bits per heavy atom. The third-order valence-corrected chi connectivity index (χ3v) is 22.4. The van der Waals surface area contributed by atoms with Gasteiger partial charge in [-0.2, -0.15) is 57.5 Å². The van der Waals surface area contributed by atoms with Crippen LogP contribution < -0.4 is 41.5 Å². The maximum absolute atomic E-state index is 4.84. The van der Waals surface area contributed by atoms with Gasteiger partial charge in [0.1, 0.15) is 28.8 Å². The first-order valence-electron chi connectivity index (χ1n) is 22.9. The van der Waals surface area contributed by atoms with Crippen molar-refractivity contribution in [3.05, 3.63) is 268 Å². The smallest absolute Gasteiger partial charge is 0.328 e. The molecular weight excluding hydrogens is 1260 g/mol. The molecule has 4 heterocycles. The fourth-order valence-electron chi connectivity index (χ4n) is 10.2. The SMILES string of the molecule is [Pt+2].[Pt+2].[c-]1c(-c2ccccn2)cccc1[Si](c1[c-]c2c(cc1)c1ccc([Si](c3[c-]c(-c4ccccn4)ccc3)(c3ccccc3)c3ccccc3)[c-]c1n2-c1ncncn1)(c1ccccc1)c1ccccc1. The van der Waals surface area contributed by atoms with Crippen molar-refractivity contribution in [2.75, 3.05) is 0 Å². The molecule has 0 aliphatic heterocycles. The molecule has 6 nitrogen and oxygen atoms in total. The van der Waals surface area contributed by atoms with Crippen molar-refractivity contribution in [2.45, 2.75) is 0 Å². The number of nitrogens with zero attached hydrogens (tertiary/aromatic N) is 6. The molecule has 8 aromatic carbocycles. The van der Waals surface area contributed by atoms with Crippen LogP contribution in [0.4, 0.5) is 0 Å². The number of pyridine rings is 2. The maximum atomic E-state index is 4.84. The van der Waals surface area contributed by atoms with Crippen molar-refractivity contribution < 1.29 is 42.1 Å². The summed E-state index contributed by atoms with van der Waals surface area (Å²) >= 11 is 0. The van der Waals surface area contributed by atoms with E-state index in [0.29, 0.717) is 5.95 Å². The second-order valence-electron chi connectivity index (χ2n) is 16.9. The molecule has 71 heavy (non-hydrogen) atoms. The molecule has 0 amide bonds. The Hall–Kier alpha value is -7.32. The van der Waals surface area contributed by atoms with E-state index in [1.54, 1.807) is 12.7 Å². The minimum atomic E-state index is -3.18. The molecule has 0 saturated carbocycles. The number of hydrogen-bond acceptors (Lipinski definition) is 5. The second kappa shape index (κ2) is 20.6. The molecule has 0 unspecified atom stereocenters. The van der Waals surface area contributed by atoms with E-state index in [1.807, 2.05) is 48.8 Å². The van der Waals surface area contributed by atoms with Crippen LogP contribution in [0.2, 0.25) is 0 Å². The van der Waals surface area contributed by atoms with E-state index in [2.05, 4.69) is 216 Å². The van der Waals surface area contributed by atoms with E-state index in [1.165, 1.54) is 20.7 Å². The van der Waals surface area contributed by atoms with Gasteiger partial charge in [-0.1, -0.05) is 157 Å². The summed E-state index contributed by atoms with van der Waals surface area (Å²) in [5.74, 6) is 0.484. The molecule has 12 rings (SSSR count). The molecular formula is C61H40N6Pt2Si2. The quantitative estimate of drug-likeness (QED) is 0.0791. The van der Waals surface area contributed by atoms with Gasteiger partial charge in [0.15, 0.2) is 0 Å². The molecule has 0 bridgehead atoms. The van der Waals surface area contributed by atoms with Gasteiger partial charge in [0, 0.05) is 12.4 Å². The van der Waals surface area contributed by atoms with E-state index < -0.39 is 16.1 Å². The molecule has 4 aromatic heterocycles. The summed E-state index contributed by atoms with van der Waals surface area (Å²) in [4.78, 5) is 23.5. The minimum Gasteiger partial charge on any atom is -0.328 e. The van der Waals surface area contributed by atoms with E-state index in [9.17, 15) is 0 Å². The van der Waals surface area contributed by atoms with Gasteiger partial charge in [0.2, 0.25) is 5.95 Å². The number of aromatic nitrogens is 6. The topological polar surface area (TPSA) is 69.4 Å². The van der Waals surface area contributed by atoms with Crippen LogP contribution >= 0.6 is 0 Å². The van der Waals surface area contributed by atoms with Gasteiger partial charge in [-0.3, -0.25) is 0 Å². The first kappa shape index (κ1) is 47.4. The fourth-order valence-corrected chi connectivity index (χ4v) is 19.3. The first-order valence-corrected chi connectivity index (χ1v) is 26.9. The van der Waals surface area contributed by atoms with Gasteiger partial charge in [-0.15, -0.1) is 70.0 Å². The molecule has 0 spiro atoms. The number of rotatable bonds is 11. The first-order chi connectivity index (χ1) is 34.2. The summed E-state index contributed by atoms with van der Waals surface area (Å²) in [7, 11) is -6.36. The molecule has 0 fully saturated rings. The zero-order valence-corrected chi connectivity index (χ0v) is 44.5. The zero-order chi connectivity index (χ0) is 46.0. The Labute approximate surface area is 443 Å². The number of hydrogen-bond donors (Lipinski definition) is 0. The van der Waals surface area contributed by atoms with Crippen molar-refractivity contribution in [1.82, 2.24) is 29.5 Å². The average Bonchev–Trinajstić information content (AvgIpc) is 3.76. The van der Waals surface area contributed by atoms with Gasteiger partial charge in [0.05, 0.1) is 0 Å². The largest absolute Gasteiger partial charge is 2.00 e. The van der Waals surface area contributed by atoms with E-state index in [-0.39, 0.29) is 42.1 Å². The van der Waals surface area contributed by atoms with Crippen LogP contribution in [-0.2, 0) is 42.1 Å². The number of fused-ring (bicyclic) bond motifs is 3. The van der Waals surface area contributed by atoms with E-state index in [4.69, 9.17) is 19.9 Å². The van der Waals surface area contributed by atoms with Gasteiger partial charge >= 0.3 is 42.1 Å². The van der Waals surface area contributed by atoms with Crippen LogP contribution in [0.5, 0.6) is 0 Å². The molecule has 342 valence electrons. The van der Waals surface area contributed by atoms with Gasteiger partial charge in [-0.05, 0) is 44.3 Å². The molecule has 12 aromatic rings. The summed E-state index contributed by atoms with van der Waals surface area (Å²) in [6.45, 7) is 0. The van der Waals surface area contributed by atoms with Gasteiger partial charge in [-0.25, -0.2) is 15.0 Å².